The predicted octanol–water partition coefficient (Wildman–Crippen LogP) is 3.54. The van der Waals surface area contributed by atoms with E-state index in [9.17, 15) is 20.1 Å². The molecule has 0 aliphatic heterocycles. The minimum Gasteiger partial charge on any atom is -0.469 e. The van der Waals surface area contributed by atoms with Crippen LogP contribution in [0.3, 0.4) is 0 Å². The van der Waals surface area contributed by atoms with E-state index in [2.05, 4.69) is 20.8 Å². The minimum absolute atomic E-state index is 0.111. The first-order chi connectivity index (χ1) is 14.1. The maximum Gasteiger partial charge on any atom is 0.305 e. The van der Waals surface area contributed by atoms with Gasteiger partial charge in [-0.15, -0.1) is 0 Å². The zero-order chi connectivity index (χ0) is 21.8. The summed E-state index contributed by atoms with van der Waals surface area (Å²) in [6.07, 6.45) is 6.60. The number of carbonyl (C=O) groups is 1. The lowest BCUT2D eigenvalue weighted by Gasteiger charge is -2.63. The molecule has 4 aliphatic rings. The highest BCUT2D eigenvalue weighted by Gasteiger charge is 2.65. The third-order valence-corrected chi connectivity index (χ3v) is 10.6. The van der Waals surface area contributed by atoms with E-state index in [1.807, 2.05) is 0 Å². The Balaban J connectivity index is 1.58. The Hall–Kier alpha value is -0.650. The molecule has 3 N–H and O–H groups in total. The fraction of sp³-hybridized carbons (Fsp3) is 0.960. The molecule has 0 aromatic heterocycles. The van der Waals surface area contributed by atoms with Crippen molar-refractivity contribution in [2.75, 3.05) is 7.11 Å². The van der Waals surface area contributed by atoms with Crippen molar-refractivity contribution in [3.05, 3.63) is 0 Å². The number of rotatable bonds is 4. The van der Waals surface area contributed by atoms with Crippen LogP contribution in [0.25, 0.3) is 0 Å². The molecule has 0 aromatic carbocycles. The van der Waals surface area contributed by atoms with E-state index in [1.165, 1.54) is 7.11 Å². The van der Waals surface area contributed by atoms with E-state index in [0.717, 1.165) is 51.4 Å². The second-order valence-corrected chi connectivity index (χ2v) is 11.6. The van der Waals surface area contributed by atoms with Crippen molar-refractivity contribution in [1.82, 2.24) is 0 Å². The first-order valence-corrected chi connectivity index (χ1v) is 12.2. The van der Waals surface area contributed by atoms with Crippen LogP contribution in [0.1, 0.15) is 78.6 Å². The standard InChI is InChI=1S/C25H42O5/c1-14(5-8-22(29)30-4)17-6-7-18-23-19(13-21(28)25(17,18)3)24(2)10-9-16(26)11-15(24)12-20(23)27/h14-21,23,26-28H,5-13H2,1-4H3/t14-,15+,16-,17-,18+,19+,20-,21+,23?,24+,25-/m1/s1. The highest BCUT2D eigenvalue weighted by Crippen LogP contribution is 2.68. The zero-order valence-corrected chi connectivity index (χ0v) is 19.2. The lowest BCUT2D eigenvalue weighted by molar-refractivity contribution is -0.207. The highest BCUT2D eigenvalue weighted by molar-refractivity contribution is 5.69. The molecular formula is C25H42O5. The number of aliphatic hydroxyl groups is 3. The van der Waals surface area contributed by atoms with Crippen molar-refractivity contribution in [2.45, 2.75) is 96.9 Å². The van der Waals surface area contributed by atoms with Crippen LogP contribution in [0.2, 0.25) is 0 Å². The monoisotopic (exact) mass is 422 g/mol. The van der Waals surface area contributed by atoms with Crippen molar-refractivity contribution < 1.29 is 24.9 Å². The number of methoxy groups -OCH3 is 1. The van der Waals surface area contributed by atoms with Crippen LogP contribution in [0, 0.1) is 46.3 Å². The molecule has 5 nitrogen and oxygen atoms in total. The first kappa shape index (κ1) is 22.5. The Morgan fingerprint density at radius 2 is 1.80 bits per heavy atom. The van der Waals surface area contributed by atoms with Crippen LogP contribution in [-0.4, -0.2) is 46.7 Å². The van der Waals surface area contributed by atoms with Gasteiger partial charge < -0.3 is 20.1 Å². The lowest BCUT2D eigenvalue weighted by Crippen LogP contribution is -2.62. The number of esters is 1. The SMILES string of the molecule is COC(=O)CC[C@@H](C)[C@H]1CC[C@H]2C3[C@H](O)C[C@@H]4C[C@H](O)CC[C@]4(C)[C@H]3C[C@H](O)[C@]12C. The Morgan fingerprint density at radius 1 is 1.07 bits per heavy atom. The lowest BCUT2D eigenvalue weighted by atomic mass is 9.43. The summed E-state index contributed by atoms with van der Waals surface area (Å²) >= 11 is 0. The van der Waals surface area contributed by atoms with E-state index in [-0.39, 0.29) is 41.0 Å². The van der Waals surface area contributed by atoms with Gasteiger partial charge in [0.2, 0.25) is 0 Å². The zero-order valence-electron chi connectivity index (χ0n) is 19.2. The van der Waals surface area contributed by atoms with Gasteiger partial charge in [0.1, 0.15) is 0 Å². The second kappa shape index (κ2) is 8.04. The van der Waals surface area contributed by atoms with Gasteiger partial charge in [0, 0.05) is 6.42 Å². The van der Waals surface area contributed by atoms with E-state index in [4.69, 9.17) is 4.74 Å². The van der Waals surface area contributed by atoms with Gasteiger partial charge in [-0.05, 0) is 97.7 Å². The smallest absolute Gasteiger partial charge is 0.305 e. The summed E-state index contributed by atoms with van der Waals surface area (Å²) in [6.45, 7) is 6.85. The summed E-state index contributed by atoms with van der Waals surface area (Å²) in [7, 11) is 1.44. The third kappa shape index (κ3) is 3.34. The van der Waals surface area contributed by atoms with Crippen LogP contribution >= 0.6 is 0 Å². The fourth-order valence-electron chi connectivity index (χ4n) is 8.78. The topological polar surface area (TPSA) is 87.0 Å². The van der Waals surface area contributed by atoms with Crippen LogP contribution in [0.4, 0.5) is 0 Å². The molecule has 0 saturated heterocycles. The number of ether oxygens (including phenoxy) is 1. The molecule has 0 radical (unpaired) electrons. The molecular weight excluding hydrogens is 380 g/mol. The van der Waals surface area contributed by atoms with Crippen molar-refractivity contribution in [3.63, 3.8) is 0 Å². The molecule has 0 bridgehead atoms. The first-order valence-electron chi connectivity index (χ1n) is 12.2. The van der Waals surface area contributed by atoms with E-state index < -0.39 is 0 Å². The molecule has 4 aliphatic carbocycles. The van der Waals surface area contributed by atoms with Gasteiger partial charge in [-0.1, -0.05) is 20.8 Å². The molecule has 0 aromatic rings. The van der Waals surface area contributed by atoms with Gasteiger partial charge >= 0.3 is 5.97 Å². The predicted molar refractivity (Wildman–Crippen MR) is 114 cm³/mol. The molecule has 5 heteroatoms. The maximum absolute atomic E-state index is 11.7. The van der Waals surface area contributed by atoms with Crippen molar-refractivity contribution in [3.8, 4) is 0 Å². The van der Waals surface area contributed by atoms with E-state index in [0.29, 0.717) is 36.0 Å². The molecule has 0 heterocycles. The number of hydrogen-bond donors (Lipinski definition) is 3. The molecule has 4 saturated carbocycles. The molecule has 4 fully saturated rings. The van der Waals surface area contributed by atoms with Crippen LogP contribution < -0.4 is 0 Å². The highest BCUT2D eigenvalue weighted by atomic mass is 16.5. The second-order valence-electron chi connectivity index (χ2n) is 11.6. The average molecular weight is 423 g/mol. The fourth-order valence-corrected chi connectivity index (χ4v) is 8.78. The Labute approximate surface area is 181 Å². The van der Waals surface area contributed by atoms with Crippen molar-refractivity contribution in [2.24, 2.45) is 46.3 Å². The molecule has 11 atom stereocenters. The van der Waals surface area contributed by atoms with Crippen LogP contribution in [-0.2, 0) is 9.53 Å². The van der Waals surface area contributed by atoms with Gasteiger partial charge in [-0.3, -0.25) is 4.79 Å². The summed E-state index contributed by atoms with van der Waals surface area (Å²) in [6, 6.07) is 0. The van der Waals surface area contributed by atoms with Crippen LogP contribution in [0.15, 0.2) is 0 Å². The Kier molecular flexibility index (Phi) is 6.04. The number of aliphatic hydroxyl groups excluding tert-OH is 3. The maximum atomic E-state index is 11.7. The normalized spacial score (nSPS) is 51.4. The molecule has 0 spiro atoms. The van der Waals surface area contributed by atoms with Crippen molar-refractivity contribution in [1.29, 1.82) is 0 Å². The molecule has 4 rings (SSSR count). The van der Waals surface area contributed by atoms with Gasteiger partial charge in [0.05, 0.1) is 25.4 Å². The van der Waals surface area contributed by atoms with Crippen molar-refractivity contribution >= 4 is 5.97 Å². The summed E-state index contributed by atoms with van der Waals surface area (Å²) in [5.74, 6) is 1.81. The van der Waals surface area contributed by atoms with Gasteiger partial charge in [-0.2, -0.15) is 0 Å². The average Bonchev–Trinajstić information content (AvgIpc) is 3.06. The number of hydrogen-bond acceptors (Lipinski definition) is 5. The molecule has 0 amide bonds. The number of carbonyl (C=O) groups excluding carboxylic acids is 1. The molecule has 1 unspecified atom stereocenters. The summed E-state index contributed by atoms with van der Waals surface area (Å²) in [4.78, 5) is 11.7. The van der Waals surface area contributed by atoms with Gasteiger partial charge in [-0.25, -0.2) is 0 Å². The molecule has 30 heavy (non-hydrogen) atoms. The largest absolute Gasteiger partial charge is 0.469 e. The minimum atomic E-state index is -0.369. The number of fused-ring (bicyclic) bond motifs is 5. The van der Waals surface area contributed by atoms with Gasteiger partial charge in [0.15, 0.2) is 0 Å². The molecule has 172 valence electrons. The Bertz CT molecular complexity index is 651. The van der Waals surface area contributed by atoms with Gasteiger partial charge in [0.25, 0.3) is 0 Å². The quantitative estimate of drug-likeness (QED) is 0.603. The van der Waals surface area contributed by atoms with E-state index >= 15 is 0 Å². The summed E-state index contributed by atoms with van der Waals surface area (Å²) < 4.78 is 4.83. The van der Waals surface area contributed by atoms with Crippen LogP contribution in [0.5, 0.6) is 0 Å². The summed E-state index contributed by atoms with van der Waals surface area (Å²) in [5.41, 5.74) is -0.0882. The van der Waals surface area contributed by atoms with E-state index in [1.54, 1.807) is 0 Å². The third-order valence-electron chi connectivity index (χ3n) is 10.6. The summed E-state index contributed by atoms with van der Waals surface area (Å²) in [5, 5.41) is 33.1. The Morgan fingerprint density at radius 3 is 2.50 bits per heavy atom.